The predicted octanol–water partition coefficient (Wildman–Crippen LogP) is 3.34. The second-order valence-electron chi connectivity index (χ2n) is 6.28. The number of benzene rings is 1. The van der Waals surface area contributed by atoms with Gasteiger partial charge in [-0.2, -0.15) is 5.10 Å². The largest absolute Gasteiger partial charge is 0.329 e. The van der Waals surface area contributed by atoms with E-state index in [1.54, 1.807) is 6.20 Å². The zero-order chi connectivity index (χ0) is 16.5. The van der Waals surface area contributed by atoms with Crippen molar-refractivity contribution >= 4 is 16.8 Å². The zero-order valence-electron chi connectivity index (χ0n) is 13.7. The number of rotatable bonds is 2. The molecule has 0 aliphatic carbocycles. The van der Waals surface area contributed by atoms with Crippen molar-refractivity contribution in [2.45, 2.75) is 25.3 Å². The predicted molar refractivity (Wildman–Crippen MR) is 92.6 cm³/mol. The minimum atomic E-state index is 0.00616. The highest BCUT2D eigenvalue weighted by Crippen LogP contribution is 2.31. The number of aryl methyl sites for hydroxylation is 1. The Balaban J connectivity index is 1.69. The van der Waals surface area contributed by atoms with Crippen molar-refractivity contribution in [3.05, 3.63) is 60.0 Å². The molecule has 1 aliphatic heterocycles. The summed E-state index contributed by atoms with van der Waals surface area (Å²) in [6.45, 7) is 0.767. The number of amides is 1. The van der Waals surface area contributed by atoms with E-state index in [4.69, 9.17) is 0 Å². The van der Waals surface area contributed by atoms with Gasteiger partial charge in [0.2, 0.25) is 0 Å². The van der Waals surface area contributed by atoms with E-state index in [-0.39, 0.29) is 11.9 Å². The summed E-state index contributed by atoms with van der Waals surface area (Å²) < 4.78 is 1.87. The summed E-state index contributed by atoms with van der Waals surface area (Å²) in [5.74, 6) is 0.00616. The molecule has 0 N–H and O–H groups in total. The van der Waals surface area contributed by atoms with Gasteiger partial charge in [-0.05, 0) is 37.5 Å². The van der Waals surface area contributed by atoms with Crippen molar-refractivity contribution in [3.8, 4) is 0 Å². The monoisotopic (exact) mass is 320 g/mol. The molecule has 0 unspecified atom stereocenters. The number of pyridine rings is 1. The van der Waals surface area contributed by atoms with Crippen LogP contribution in [0.15, 0.2) is 48.7 Å². The van der Waals surface area contributed by atoms with Crippen molar-refractivity contribution in [1.82, 2.24) is 19.7 Å². The Labute approximate surface area is 140 Å². The van der Waals surface area contributed by atoms with Crippen LogP contribution in [0.4, 0.5) is 0 Å². The summed E-state index contributed by atoms with van der Waals surface area (Å²) in [5, 5.41) is 5.31. The number of carbonyl (C=O) groups excluding carboxylic acids is 1. The van der Waals surface area contributed by atoms with E-state index >= 15 is 0 Å². The maximum atomic E-state index is 13.1. The van der Waals surface area contributed by atoms with E-state index in [0.29, 0.717) is 5.69 Å². The van der Waals surface area contributed by atoms with E-state index in [1.807, 2.05) is 59.1 Å². The fourth-order valence-corrected chi connectivity index (χ4v) is 3.53. The van der Waals surface area contributed by atoms with Crippen LogP contribution in [-0.2, 0) is 7.05 Å². The molecule has 0 bridgehead atoms. The molecule has 1 amide bonds. The summed E-state index contributed by atoms with van der Waals surface area (Å²) in [6.07, 6.45) is 4.93. The van der Waals surface area contributed by atoms with Crippen molar-refractivity contribution in [3.63, 3.8) is 0 Å². The molecule has 1 saturated heterocycles. The highest BCUT2D eigenvalue weighted by atomic mass is 16.2. The second-order valence-corrected chi connectivity index (χ2v) is 6.28. The van der Waals surface area contributed by atoms with Crippen LogP contribution < -0.4 is 0 Å². The van der Waals surface area contributed by atoms with Crippen LogP contribution in [0.2, 0.25) is 0 Å². The number of fused-ring (bicyclic) bond motifs is 1. The highest BCUT2D eigenvalue weighted by Gasteiger charge is 2.31. The summed E-state index contributed by atoms with van der Waals surface area (Å²) in [4.78, 5) is 19.6. The Morgan fingerprint density at radius 2 is 2.00 bits per heavy atom. The molecule has 1 aliphatic rings. The Bertz CT molecular complexity index is 886. The second kappa shape index (κ2) is 6.07. The molecule has 1 fully saturated rings. The number of likely N-dealkylation sites (tertiary alicyclic amines) is 1. The van der Waals surface area contributed by atoms with Gasteiger partial charge in [-0.1, -0.05) is 24.3 Å². The van der Waals surface area contributed by atoms with Gasteiger partial charge in [-0.15, -0.1) is 0 Å². The normalized spacial score (nSPS) is 18.0. The van der Waals surface area contributed by atoms with Crippen LogP contribution in [0.25, 0.3) is 10.9 Å². The summed E-state index contributed by atoms with van der Waals surface area (Å²) >= 11 is 0. The zero-order valence-corrected chi connectivity index (χ0v) is 13.7. The Hall–Kier alpha value is -2.69. The van der Waals surface area contributed by atoms with Crippen LogP contribution in [0.3, 0.4) is 0 Å². The Morgan fingerprint density at radius 1 is 1.12 bits per heavy atom. The molecule has 0 saturated carbocycles. The van der Waals surface area contributed by atoms with E-state index < -0.39 is 0 Å². The standard InChI is InChI=1S/C19H20N4O/c1-22-17(11-12-20-22)18-8-4-5-13-23(18)19(24)16-10-9-14-6-2-3-7-15(14)21-16/h2-3,6-7,9-12,18H,4-5,8,13H2,1H3/t18-/m1/s1. The van der Waals surface area contributed by atoms with Crippen LogP contribution in [0.5, 0.6) is 0 Å². The average Bonchev–Trinajstić information content (AvgIpc) is 3.06. The van der Waals surface area contributed by atoms with Crippen LogP contribution in [-0.4, -0.2) is 32.1 Å². The van der Waals surface area contributed by atoms with Crippen LogP contribution in [0.1, 0.15) is 41.5 Å². The van der Waals surface area contributed by atoms with Gasteiger partial charge in [0.25, 0.3) is 5.91 Å². The van der Waals surface area contributed by atoms with Gasteiger partial charge in [0.1, 0.15) is 5.69 Å². The quantitative estimate of drug-likeness (QED) is 0.728. The molecule has 0 radical (unpaired) electrons. The van der Waals surface area contributed by atoms with E-state index in [0.717, 1.165) is 42.4 Å². The Kier molecular flexibility index (Phi) is 3.76. The number of carbonyl (C=O) groups is 1. The molecule has 1 atom stereocenters. The van der Waals surface area contributed by atoms with Gasteiger partial charge >= 0.3 is 0 Å². The number of piperidine rings is 1. The van der Waals surface area contributed by atoms with E-state index in [9.17, 15) is 4.79 Å². The molecule has 3 aromatic rings. The van der Waals surface area contributed by atoms with Gasteiger partial charge in [0.05, 0.1) is 17.3 Å². The number of para-hydroxylation sites is 1. The maximum Gasteiger partial charge on any atom is 0.273 e. The number of nitrogens with zero attached hydrogens (tertiary/aromatic N) is 4. The third-order valence-electron chi connectivity index (χ3n) is 4.78. The first-order valence-electron chi connectivity index (χ1n) is 8.39. The third-order valence-corrected chi connectivity index (χ3v) is 4.78. The molecule has 122 valence electrons. The van der Waals surface area contributed by atoms with Gasteiger partial charge in [-0.25, -0.2) is 4.98 Å². The topological polar surface area (TPSA) is 51.0 Å². The minimum absolute atomic E-state index is 0.00616. The number of aromatic nitrogens is 3. The molecule has 3 heterocycles. The third kappa shape index (κ3) is 2.56. The van der Waals surface area contributed by atoms with Gasteiger partial charge < -0.3 is 4.90 Å². The lowest BCUT2D eigenvalue weighted by molar-refractivity contribution is 0.0595. The van der Waals surface area contributed by atoms with Crippen molar-refractivity contribution in [2.24, 2.45) is 7.05 Å². The maximum absolute atomic E-state index is 13.1. The first-order chi connectivity index (χ1) is 11.7. The molecule has 5 nitrogen and oxygen atoms in total. The van der Waals surface area contributed by atoms with Crippen molar-refractivity contribution in [2.75, 3.05) is 6.54 Å². The van der Waals surface area contributed by atoms with Crippen molar-refractivity contribution < 1.29 is 4.79 Å². The lowest BCUT2D eigenvalue weighted by Crippen LogP contribution is -2.39. The summed E-state index contributed by atoms with van der Waals surface area (Å²) in [5.41, 5.74) is 2.46. The molecular formula is C19H20N4O. The SMILES string of the molecule is Cn1nccc1[C@H]1CCCCN1C(=O)c1ccc2ccccc2n1. The fraction of sp³-hybridized carbons (Fsp3) is 0.316. The first kappa shape index (κ1) is 14.9. The van der Waals surface area contributed by atoms with Crippen molar-refractivity contribution in [1.29, 1.82) is 0 Å². The molecule has 2 aromatic heterocycles. The lowest BCUT2D eigenvalue weighted by Gasteiger charge is -2.35. The summed E-state index contributed by atoms with van der Waals surface area (Å²) in [6, 6.07) is 13.8. The number of hydrogen-bond donors (Lipinski definition) is 0. The fourth-order valence-electron chi connectivity index (χ4n) is 3.53. The first-order valence-corrected chi connectivity index (χ1v) is 8.39. The van der Waals surface area contributed by atoms with Crippen LogP contribution in [0, 0.1) is 0 Å². The van der Waals surface area contributed by atoms with Crippen LogP contribution >= 0.6 is 0 Å². The lowest BCUT2D eigenvalue weighted by atomic mass is 9.98. The van der Waals surface area contributed by atoms with E-state index in [1.165, 1.54) is 0 Å². The minimum Gasteiger partial charge on any atom is -0.329 e. The molecule has 1 aromatic carbocycles. The van der Waals surface area contributed by atoms with Gasteiger partial charge in [0, 0.05) is 25.2 Å². The molecule has 24 heavy (non-hydrogen) atoms. The van der Waals surface area contributed by atoms with E-state index in [2.05, 4.69) is 10.1 Å². The van der Waals surface area contributed by atoms with Gasteiger partial charge in [-0.3, -0.25) is 9.48 Å². The smallest absolute Gasteiger partial charge is 0.273 e. The molecule has 0 spiro atoms. The summed E-state index contributed by atoms with van der Waals surface area (Å²) in [7, 11) is 1.93. The molecule has 5 heteroatoms. The molecular weight excluding hydrogens is 300 g/mol. The van der Waals surface area contributed by atoms with Gasteiger partial charge in [0.15, 0.2) is 0 Å². The number of hydrogen-bond acceptors (Lipinski definition) is 3. The highest BCUT2D eigenvalue weighted by molar-refractivity contribution is 5.95. The Morgan fingerprint density at radius 3 is 2.83 bits per heavy atom. The average molecular weight is 320 g/mol. The molecule has 4 rings (SSSR count).